The largest absolute Gasteiger partial charge is 0.465 e. The van der Waals surface area contributed by atoms with Crippen molar-refractivity contribution in [3.8, 4) is 0 Å². The van der Waals surface area contributed by atoms with Gasteiger partial charge in [-0.05, 0) is 36.2 Å². The van der Waals surface area contributed by atoms with Gasteiger partial charge >= 0.3 is 11.9 Å². The number of aromatic nitrogens is 1. The van der Waals surface area contributed by atoms with E-state index in [0.717, 1.165) is 22.0 Å². The molecular formula is C22H21NO5. The van der Waals surface area contributed by atoms with Crippen LogP contribution in [-0.2, 0) is 27.4 Å². The van der Waals surface area contributed by atoms with E-state index in [1.807, 2.05) is 31.2 Å². The highest BCUT2D eigenvalue weighted by atomic mass is 16.5. The van der Waals surface area contributed by atoms with Gasteiger partial charge in [0.2, 0.25) is 0 Å². The van der Waals surface area contributed by atoms with E-state index in [1.54, 1.807) is 31.4 Å². The van der Waals surface area contributed by atoms with Crippen LogP contribution in [0.5, 0.6) is 0 Å². The second-order valence-electron chi connectivity index (χ2n) is 6.27. The van der Waals surface area contributed by atoms with E-state index < -0.39 is 11.9 Å². The number of aryl methyl sites for hydroxylation is 1. The summed E-state index contributed by atoms with van der Waals surface area (Å²) in [5.41, 5.74) is 3.79. The highest BCUT2D eigenvalue weighted by molar-refractivity contribution is 5.98. The van der Waals surface area contributed by atoms with Crippen LogP contribution in [-0.4, -0.2) is 31.1 Å². The van der Waals surface area contributed by atoms with Gasteiger partial charge in [-0.25, -0.2) is 14.6 Å². The molecular weight excluding hydrogens is 358 g/mol. The Kier molecular flexibility index (Phi) is 6.01. The van der Waals surface area contributed by atoms with Gasteiger partial charge in [-0.3, -0.25) is 0 Å². The summed E-state index contributed by atoms with van der Waals surface area (Å²) < 4.78 is 15.4. The fourth-order valence-corrected chi connectivity index (χ4v) is 3.03. The monoisotopic (exact) mass is 379 g/mol. The first-order valence-corrected chi connectivity index (χ1v) is 8.76. The molecule has 0 bridgehead atoms. The minimum Gasteiger partial charge on any atom is -0.465 e. The van der Waals surface area contributed by atoms with Crippen LogP contribution in [0.3, 0.4) is 0 Å². The molecule has 0 aliphatic carbocycles. The Morgan fingerprint density at radius 1 is 0.929 bits per heavy atom. The lowest BCUT2D eigenvalue weighted by Crippen LogP contribution is -2.13. The summed E-state index contributed by atoms with van der Waals surface area (Å²) in [5.74, 6) is -0.870. The van der Waals surface area contributed by atoms with Crippen LogP contribution in [0.4, 0.5) is 0 Å². The lowest BCUT2D eigenvalue weighted by molar-refractivity contribution is 0.0465. The maximum Gasteiger partial charge on any atom is 0.340 e. The topological polar surface area (TPSA) is 74.7 Å². The van der Waals surface area contributed by atoms with Crippen LogP contribution in [0.25, 0.3) is 10.9 Å². The van der Waals surface area contributed by atoms with Crippen molar-refractivity contribution in [3.63, 3.8) is 0 Å². The van der Waals surface area contributed by atoms with Gasteiger partial charge in [-0.2, -0.15) is 0 Å². The molecule has 0 N–H and O–H groups in total. The van der Waals surface area contributed by atoms with E-state index in [1.165, 1.54) is 7.11 Å². The third-order valence-corrected chi connectivity index (χ3v) is 4.46. The Labute approximate surface area is 163 Å². The number of nitrogens with zero attached hydrogens (tertiary/aromatic N) is 1. The summed E-state index contributed by atoms with van der Waals surface area (Å²) in [6.45, 7) is 2.17. The zero-order valence-corrected chi connectivity index (χ0v) is 16.0. The van der Waals surface area contributed by atoms with Gasteiger partial charge in [-0.1, -0.05) is 30.3 Å². The summed E-state index contributed by atoms with van der Waals surface area (Å²) in [6.07, 6.45) is 0. The van der Waals surface area contributed by atoms with Crippen LogP contribution in [0.1, 0.15) is 37.5 Å². The maximum absolute atomic E-state index is 12.8. The molecule has 0 amide bonds. The fourth-order valence-electron chi connectivity index (χ4n) is 3.03. The molecule has 6 nitrogen and oxygen atoms in total. The lowest BCUT2D eigenvalue weighted by Gasteiger charge is -2.14. The van der Waals surface area contributed by atoms with Crippen molar-refractivity contribution in [2.24, 2.45) is 0 Å². The Bertz CT molecular complexity index is 1010. The number of hydrogen-bond donors (Lipinski definition) is 0. The molecule has 3 rings (SSSR count). The fraction of sp³-hybridized carbons (Fsp3) is 0.227. The third kappa shape index (κ3) is 4.02. The molecule has 0 radical (unpaired) electrons. The third-order valence-electron chi connectivity index (χ3n) is 4.46. The van der Waals surface area contributed by atoms with Crippen LogP contribution in [0.15, 0.2) is 48.5 Å². The average molecular weight is 379 g/mol. The van der Waals surface area contributed by atoms with Crippen molar-refractivity contribution in [2.45, 2.75) is 20.1 Å². The molecule has 0 aliphatic rings. The number of carbonyl (C=O) groups is 2. The van der Waals surface area contributed by atoms with Crippen molar-refractivity contribution in [1.29, 1.82) is 0 Å². The summed E-state index contributed by atoms with van der Waals surface area (Å²) >= 11 is 0. The number of benzene rings is 2. The summed E-state index contributed by atoms with van der Waals surface area (Å²) in [7, 11) is 2.89. The number of carbonyl (C=O) groups excluding carboxylic acids is 2. The van der Waals surface area contributed by atoms with Crippen molar-refractivity contribution < 1.29 is 23.8 Å². The van der Waals surface area contributed by atoms with Gasteiger partial charge in [-0.15, -0.1) is 0 Å². The zero-order valence-electron chi connectivity index (χ0n) is 16.0. The van der Waals surface area contributed by atoms with E-state index in [9.17, 15) is 9.59 Å². The first-order valence-electron chi connectivity index (χ1n) is 8.76. The summed E-state index contributed by atoms with van der Waals surface area (Å²) in [4.78, 5) is 28.9. The Morgan fingerprint density at radius 2 is 1.64 bits per heavy atom. The average Bonchev–Trinajstić information content (AvgIpc) is 2.72. The molecule has 0 saturated heterocycles. The highest BCUT2D eigenvalue weighted by Gasteiger charge is 2.20. The number of ether oxygens (including phenoxy) is 3. The highest BCUT2D eigenvalue weighted by Crippen LogP contribution is 2.24. The summed E-state index contributed by atoms with van der Waals surface area (Å²) in [6, 6.07) is 14.4. The molecule has 0 spiro atoms. The van der Waals surface area contributed by atoms with Gasteiger partial charge in [0, 0.05) is 12.5 Å². The van der Waals surface area contributed by atoms with Gasteiger partial charge in [0.1, 0.15) is 6.61 Å². The molecule has 1 aromatic heterocycles. The van der Waals surface area contributed by atoms with Gasteiger partial charge in [0.15, 0.2) is 0 Å². The molecule has 0 saturated carbocycles. The smallest absolute Gasteiger partial charge is 0.340 e. The predicted molar refractivity (Wildman–Crippen MR) is 104 cm³/mol. The minimum absolute atomic E-state index is 0.0823. The van der Waals surface area contributed by atoms with Crippen LogP contribution in [0.2, 0.25) is 0 Å². The molecule has 0 aliphatic heterocycles. The first kappa shape index (κ1) is 19.5. The van der Waals surface area contributed by atoms with Crippen molar-refractivity contribution in [3.05, 3.63) is 76.5 Å². The predicted octanol–water partition coefficient (Wildman–Crippen LogP) is 3.83. The molecule has 6 heteroatoms. The molecule has 3 aromatic rings. The molecule has 1 heterocycles. The van der Waals surface area contributed by atoms with Crippen molar-refractivity contribution in [2.75, 3.05) is 14.2 Å². The number of pyridine rings is 1. The molecule has 0 unspecified atom stereocenters. The number of rotatable bonds is 6. The Balaban J connectivity index is 1.83. The van der Waals surface area contributed by atoms with Crippen LogP contribution < -0.4 is 0 Å². The zero-order chi connectivity index (χ0) is 20.1. The number of methoxy groups -OCH3 is 2. The van der Waals surface area contributed by atoms with E-state index in [0.29, 0.717) is 16.8 Å². The van der Waals surface area contributed by atoms with Gasteiger partial charge < -0.3 is 14.2 Å². The van der Waals surface area contributed by atoms with E-state index >= 15 is 0 Å². The molecule has 144 valence electrons. The Hall–Kier alpha value is -3.25. The standard InChI is InChI=1S/C22H21NO5/c1-14-17-6-4-5-7-18(17)23-19(13-26-2)20(14)22(25)28-12-15-8-10-16(11-9-15)21(24)27-3/h4-11H,12-13H2,1-3H3. The SMILES string of the molecule is COCc1nc2ccccc2c(C)c1C(=O)OCc1ccc(C(=O)OC)cc1. The second kappa shape index (κ2) is 8.63. The second-order valence-corrected chi connectivity index (χ2v) is 6.27. The minimum atomic E-state index is -0.458. The lowest BCUT2D eigenvalue weighted by atomic mass is 10.0. The summed E-state index contributed by atoms with van der Waals surface area (Å²) in [5, 5.41) is 0.900. The van der Waals surface area contributed by atoms with Gasteiger partial charge in [0.05, 0.1) is 36.1 Å². The van der Waals surface area contributed by atoms with Crippen molar-refractivity contribution >= 4 is 22.8 Å². The van der Waals surface area contributed by atoms with Gasteiger partial charge in [0.25, 0.3) is 0 Å². The van der Waals surface area contributed by atoms with Crippen LogP contribution in [0, 0.1) is 6.92 Å². The molecule has 28 heavy (non-hydrogen) atoms. The molecule has 2 aromatic carbocycles. The number of hydrogen-bond acceptors (Lipinski definition) is 6. The molecule has 0 fully saturated rings. The van der Waals surface area contributed by atoms with Crippen LogP contribution >= 0.6 is 0 Å². The van der Waals surface area contributed by atoms with E-state index in [-0.39, 0.29) is 13.2 Å². The Morgan fingerprint density at radius 3 is 2.32 bits per heavy atom. The molecule has 0 atom stereocenters. The number of fused-ring (bicyclic) bond motifs is 1. The van der Waals surface area contributed by atoms with E-state index in [4.69, 9.17) is 9.47 Å². The van der Waals surface area contributed by atoms with Crippen molar-refractivity contribution in [1.82, 2.24) is 4.98 Å². The van der Waals surface area contributed by atoms with E-state index in [2.05, 4.69) is 9.72 Å². The maximum atomic E-state index is 12.8. The quantitative estimate of drug-likeness (QED) is 0.606. The normalized spacial score (nSPS) is 10.7. The first-order chi connectivity index (χ1) is 13.5. The number of esters is 2. The number of para-hydroxylation sites is 1.